The van der Waals surface area contributed by atoms with Crippen molar-refractivity contribution >= 4 is 34.4 Å². The Bertz CT molecular complexity index is 2300. The zero-order chi connectivity index (χ0) is 39.4. The topological polar surface area (TPSA) is 94.9 Å². The van der Waals surface area contributed by atoms with Crippen LogP contribution in [0.2, 0.25) is 5.02 Å². The first kappa shape index (κ1) is 39.6. The highest BCUT2D eigenvalue weighted by molar-refractivity contribution is 6.31. The van der Waals surface area contributed by atoms with Gasteiger partial charge in [0.25, 0.3) is 0 Å². The summed E-state index contributed by atoms with van der Waals surface area (Å²) in [6, 6.07) is 24.1. The lowest BCUT2D eigenvalue weighted by Crippen LogP contribution is -2.09. The van der Waals surface area contributed by atoms with E-state index in [1.807, 2.05) is 143 Å². The van der Waals surface area contributed by atoms with E-state index in [1.54, 1.807) is 0 Å². The molecule has 10 nitrogen and oxygen atoms in total. The van der Waals surface area contributed by atoms with Crippen molar-refractivity contribution < 1.29 is 0 Å². The molecule has 6 heterocycles. The van der Waals surface area contributed by atoms with Crippen LogP contribution in [0.1, 0.15) is 102 Å². The highest BCUT2D eigenvalue weighted by atomic mass is 35.5. The molecular weight excluding hydrogens is 692 g/mol. The van der Waals surface area contributed by atoms with Gasteiger partial charge in [0.2, 0.25) is 0 Å². The number of hydrogen-bond acceptors (Lipinski definition) is 6. The lowest BCUT2D eigenvalue weighted by molar-refractivity contribution is 0.807. The van der Waals surface area contributed by atoms with E-state index in [0.29, 0.717) is 5.02 Å². The van der Waals surface area contributed by atoms with Crippen molar-refractivity contribution in [1.29, 1.82) is 0 Å². The monoisotopic (exact) mass is 742 g/mol. The number of aryl methyl sites for hydroxylation is 8. The second kappa shape index (κ2) is 16.6. The summed E-state index contributed by atoms with van der Waals surface area (Å²) in [5, 5.41) is 19.5. The van der Waals surface area contributed by atoms with E-state index in [9.17, 15) is 0 Å². The number of rotatable bonds is 8. The molecule has 0 aliphatic heterocycles. The predicted molar refractivity (Wildman–Crippen MR) is 224 cm³/mol. The molecule has 0 saturated heterocycles. The van der Waals surface area contributed by atoms with Crippen molar-refractivity contribution in [3.63, 3.8) is 0 Å². The van der Waals surface area contributed by atoms with Crippen molar-refractivity contribution in [3.05, 3.63) is 152 Å². The van der Waals surface area contributed by atoms with Crippen LogP contribution in [0.5, 0.6) is 0 Å². The summed E-state index contributed by atoms with van der Waals surface area (Å²) in [6.07, 6.45) is 0. The molecule has 0 aliphatic carbocycles. The maximum atomic E-state index is 6.36. The molecule has 0 spiro atoms. The van der Waals surface area contributed by atoms with Crippen LogP contribution in [0.3, 0.4) is 0 Å². The van der Waals surface area contributed by atoms with Crippen molar-refractivity contribution in [2.45, 2.75) is 90.0 Å². The van der Waals surface area contributed by atoms with Crippen LogP contribution < -0.4 is 0 Å². The predicted octanol–water partition coefficient (Wildman–Crippen LogP) is 9.89. The molecule has 54 heavy (non-hydrogen) atoms. The Kier molecular flexibility index (Phi) is 12.2. The quantitative estimate of drug-likeness (QED) is 0.145. The van der Waals surface area contributed by atoms with E-state index in [-0.39, 0.29) is 0 Å². The number of aromatic nitrogens is 6. The van der Waals surface area contributed by atoms with Crippen LogP contribution in [0.4, 0.5) is 0 Å². The van der Waals surface area contributed by atoms with Gasteiger partial charge in [-0.05, 0) is 162 Å². The molecule has 0 fully saturated rings. The van der Waals surface area contributed by atoms with E-state index < -0.39 is 0 Å². The van der Waals surface area contributed by atoms with Crippen LogP contribution in [0.25, 0.3) is 0 Å². The summed E-state index contributed by atoms with van der Waals surface area (Å²) in [6.45, 7) is 26.3. The van der Waals surface area contributed by atoms with Crippen molar-refractivity contribution in [1.82, 2.24) is 28.7 Å². The third kappa shape index (κ3) is 8.94. The van der Waals surface area contributed by atoms with Gasteiger partial charge in [-0.3, -0.25) is 0 Å². The Morgan fingerprint density at radius 1 is 0.426 bits per heavy atom. The summed E-state index contributed by atoms with van der Waals surface area (Å²) >= 11 is 6.36. The van der Waals surface area contributed by atoms with Crippen LogP contribution in [0.15, 0.2) is 93.2 Å². The molecule has 0 atom stereocenters. The Balaban J connectivity index is 0.000000208. The molecule has 6 rings (SSSR count). The molecule has 0 unspecified atom stereocenters. The fraction of sp³-hybridized carbons (Fsp3) is 0.302. The van der Waals surface area contributed by atoms with E-state index in [0.717, 1.165) is 91.2 Å². The maximum Gasteiger partial charge on any atom is 0.0882 e. The molecule has 0 saturated carbocycles. The van der Waals surface area contributed by atoms with Crippen molar-refractivity contribution in [3.8, 4) is 0 Å². The Morgan fingerprint density at radius 2 is 0.741 bits per heavy atom. The first-order valence-electron chi connectivity index (χ1n) is 18.0. The van der Waals surface area contributed by atoms with Gasteiger partial charge in [-0.25, -0.2) is 28.7 Å². The van der Waals surface area contributed by atoms with Gasteiger partial charge >= 0.3 is 0 Å². The van der Waals surface area contributed by atoms with E-state index in [1.165, 1.54) is 5.56 Å². The zero-order valence-corrected chi connectivity index (χ0v) is 34.5. The third-order valence-electron chi connectivity index (χ3n) is 9.37. The smallest absolute Gasteiger partial charge is 0.0882 e. The zero-order valence-electron chi connectivity index (χ0n) is 33.8. The van der Waals surface area contributed by atoms with Crippen LogP contribution in [0, 0.1) is 62.3 Å². The summed E-state index contributed by atoms with van der Waals surface area (Å²) in [7, 11) is 0. The molecule has 0 aliphatic rings. The molecule has 0 bridgehead atoms. The van der Waals surface area contributed by atoms with Gasteiger partial charge in [-0.15, -0.1) is 0 Å². The molecule has 0 radical (unpaired) electrons. The van der Waals surface area contributed by atoms with Gasteiger partial charge < -0.3 is 0 Å². The molecule has 0 N–H and O–H groups in total. The summed E-state index contributed by atoms with van der Waals surface area (Å²) in [5.41, 5.74) is 16.5. The fourth-order valence-electron chi connectivity index (χ4n) is 6.03. The highest BCUT2D eigenvalue weighted by Crippen LogP contribution is 2.17. The number of halogens is 1. The standard InChI is InChI=1S/C22H27N5.C21H24ClN5/c1-14-13-17(4)27(20(14)7)25-19(6)22-10-8-9-21(23-22)18(5)24-26-15(2)11-12-16(26)3;1-13-7-8-14(2)26(13)24-17(5)20-11-19(22)12-21(23-20)18(6)25-27-15(3)9-10-16(27)4/h8-13H,1-7H3;7-12H,1-6H3/b24-18+,25-19+;24-17+,25-18+. The lowest BCUT2D eigenvalue weighted by atomic mass is 10.2. The number of hydrogen-bond donors (Lipinski definition) is 0. The van der Waals surface area contributed by atoms with Crippen LogP contribution in [-0.2, 0) is 0 Å². The first-order chi connectivity index (χ1) is 25.5. The summed E-state index contributed by atoms with van der Waals surface area (Å²) < 4.78 is 7.74. The Morgan fingerprint density at radius 3 is 1.07 bits per heavy atom. The minimum atomic E-state index is 0.612. The molecular formula is C43H51ClN10. The largest absolute Gasteiger partial charge is 0.245 e. The van der Waals surface area contributed by atoms with Crippen LogP contribution >= 0.6 is 11.6 Å². The molecule has 6 aromatic heterocycles. The Labute approximate surface area is 324 Å². The van der Waals surface area contributed by atoms with Crippen LogP contribution in [-0.4, -0.2) is 51.5 Å². The van der Waals surface area contributed by atoms with Gasteiger partial charge in [0.1, 0.15) is 0 Å². The third-order valence-corrected chi connectivity index (χ3v) is 9.59. The first-order valence-corrected chi connectivity index (χ1v) is 18.4. The molecule has 0 aromatic carbocycles. The highest BCUT2D eigenvalue weighted by Gasteiger charge is 2.11. The lowest BCUT2D eigenvalue weighted by Gasteiger charge is -2.09. The normalized spacial score (nSPS) is 12.7. The maximum absolute atomic E-state index is 6.36. The van der Waals surface area contributed by atoms with Gasteiger partial charge in [0.05, 0.1) is 45.6 Å². The second-order valence-corrected chi connectivity index (χ2v) is 14.3. The van der Waals surface area contributed by atoms with Gasteiger partial charge in [0.15, 0.2) is 0 Å². The molecule has 6 aromatic rings. The molecule has 280 valence electrons. The SMILES string of the molecule is C/C(=N\n1c(C)ccc1C)c1cc(Cl)cc(/C(C)=N/n2c(C)ccc2C)n1.C/C(=N\n1c(C)ccc1C)c1cccc(/C(C)=N/n2c(C)cc(C)c2C)n1. The summed E-state index contributed by atoms with van der Waals surface area (Å²) in [4.78, 5) is 9.53. The van der Waals surface area contributed by atoms with Crippen molar-refractivity contribution in [2.24, 2.45) is 20.4 Å². The van der Waals surface area contributed by atoms with E-state index >= 15 is 0 Å². The van der Waals surface area contributed by atoms with E-state index in [2.05, 4.69) is 39.0 Å². The second-order valence-electron chi connectivity index (χ2n) is 13.9. The Hall–Kier alpha value is -5.61. The minimum absolute atomic E-state index is 0.612. The average molecular weight is 743 g/mol. The number of nitrogens with zero attached hydrogens (tertiary/aromatic N) is 10. The average Bonchev–Trinajstić information content (AvgIpc) is 3.82. The van der Waals surface area contributed by atoms with Gasteiger partial charge in [-0.1, -0.05) is 17.7 Å². The number of pyridine rings is 2. The van der Waals surface area contributed by atoms with Gasteiger partial charge in [0, 0.05) is 50.6 Å². The van der Waals surface area contributed by atoms with Crippen molar-refractivity contribution in [2.75, 3.05) is 0 Å². The molecule has 0 amide bonds. The fourth-order valence-corrected chi connectivity index (χ4v) is 6.24. The molecule has 11 heteroatoms. The summed E-state index contributed by atoms with van der Waals surface area (Å²) in [5.74, 6) is 0. The minimum Gasteiger partial charge on any atom is -0.245 e. The van der Waals surface area contributed by atoms with E-state index in [4.69, 9.17) is 42.0 Å². The van der Waals surface area contributed by atoms with Gasteiger partial charge in [-0.2, -0.15) is 20.4 Å².